The summed E-state index contributed by atoms with van der Waals surface area (Å²) in [6.07, 6.45) is 1.07. The highest BCUT2D eigenvalue weighted by Crippen LogP contribution is 2.26. The number of tetrazole rings is 1. The van der Waals surface area contributed by atoms with Gasteiger partial charge in [0.25, 0.3) is 5.91 Å². The van der Waals surface area contributed by atoms with Crippen molar-refractivity contribution < 1.29 is 4.79 Å². The van der Waals surface area contributed by atoms with Crippen LogP contribution in [0.2, 0.25) is 0 Å². The van der Waals surface area contributed by atoms with Gasteiger partial charge in [-0.1, -0.05) is 30.3 Å². The lowest BCUT2D eigenvalue weighted by atomic mass is 10.1. The Bertz CT molecular complexity index is 918. The second-order valence-corrected chi connectivity index (χ2v) is 6.30. The maximum absolute atomic E-state index is 12.3. The van der Waals surface area contributed by atoms with Crippen molar-refractivity contribution in [1.29, 1.82) is 0 Å². The van der Waals surface area contributed by atoms with Crippen LogP contribution in [0, 0.1) is 0 Å². The molecule has 0 atom stereocenters. The van der Waals surface area contributed by atoms with Gasteiger partial charge in [0, 0.05) is 36.4 Å². The van der Waals surface area contributed by atoms with Gasteiger partial charge in [-0.25, -0.2) is 0 Å². The molecule has 0 spiro atoms. The molecule has 2 heterocycles. The van der Waals surface area contributed by atoms with Crippen molar-refractivity contribution in [3.8, 4) is 11.4 Å². The normalized spacial score (nSPS) is 12.9. The van der Waals surface area contributed by atoms with E-state index in [4.69, 9.17) is 0 Å². The van der Waals surface area contributed by atoms with Crippen LogP contribution in [0.3, 0.4) is 0 Å². The number of para-hydroxylation sites is 1. The predicted molar refractivity (Wildman–Crippen MR) is 98.9 cm³/mol. The van der Waals surface area contributed by atoms with Gasteiger partial charge in [0.2, 0.25) is 5.82 Å². The number of hydrogen-bond donors (Lipinski definition) is 1. The van der Waals surface area contributed by atoms with E-state index in [1.54, 1.807) is 19.2 Å². The van der Waals surface area contributed by atoms with Crippen molar-refractivity contribution >= 4 is 11.6 Å². The van der Waals surface area contributed by atoms with E-state index >= 15 is 0 Å². The molecule has 2 aromatic carbocycles. The van der Waals surface area contributed by atoms with E-state index in [1.807, 2.05) is 12.1 Å². The molecule has 1 aromatic heterocycles. The van der Waals surface area contributed by atoms with Crippen molar-refractivity contribution in [3.63, 3.8) is 0 Å². The molecule has 3 aromatic rings. The van der Waals surface area contributed by atoms with Crippen LogP contribution >= 0.6 is 0 Å². The summed E-state index contributed by atoms with van der Waals surface area (Å²) in [6.45, 7) is 2.43. The molecule has 7 nitrogen and oxygen atoms in total. The first-order valence-electron chi connectivity index (χ1n) is 8.66. The lowest BCUT2D eigenvalue weighted by molar-refractivity contribution is 0.0954. The fourth-order valence-corrected chi connectivity index (χ4v) is 3.22. The van der Waals surface area contributed by atoms with Crippen molar-refractivity contribution in [3.05, 3.63) is 59.7 Å². The third-order valence-corrected chi connectivity index (χ3v) is 4.56. The Labute approximate surface area is 151 Å². The van der Waals surface area contributed by atoms with E-state index in [0.717, 1.165) is 25.1 Å². The van der Waals surface area contributed by atoms with Gasteiger partial charge in [-0.15, -0.1) is 10.2 Å². The number of benzene rings is 2. The Morgan fingerprint density at radius 2 is 1.96 bits per heavy atom. The molecular weight excluding hydrogens is 328 g/mol. The van der Waals surface area contributed by atoms with Gasteiger partial charge >= 0.3 is 0 Å². The number of nitrogens with zero attached hydrogens (tertiary/aromatic N) is 5. The zero-order chi connectivity index (χ0) is 17.9. The SMILES string of the molecule is Cn1nnc(-c2ccc(C(=O)NCCN3CCc4ccccc43)cc2)n1. The van der Waals surface area contributed by atoms with E-state index in [-0.39, 0.29) is 5.91 Å². The fraction of sp³-hybridized carbons (Fsp3) is 0.263. The smallest absolute Gasteiger partial charge is 0.251 e. The highest BCUT2D eigenvalue weighted by Gasteiger charge is 2.17. The van der Waals surface area contributed by atoms with Gasteiger partial charge < -0.3 is 10.2 Å². The van der Waals surface area contributed by atoms with E-state index in [0.29, 0.717) is 17.9 Å². The molecule has 26 heavy (non-hydrogen) atoms. The number of nitrogens with one attached hydrogen (secondary N) is 1. The summed E-state index contributed by atoms with van der Waals surface area (Å²) in [5.74, 6) is 0.475. The third kappa shape index (κ3) is 3.28. The molecule has 1 N–H and O–H groups in total. The Hall–Kier alpha value is -3.22. The van der Waals surface area contributed by atoms with Gasteiger partial charge in [0.15, 0.2) is 0 Å². The zero-order valence-corrected chi connectivity index (χ0v) is 14.6. The second kappa shape index (κ2) is 6.95. The molecule has 132 valence electrons. The number of carbonyl (C=O) groups excluding carboxylic acids is 1. The number of amides is 1. The Morgan fingerprint density at radius 3 is 2.73 bits per heavy atom. The van der Waals surface area contributed by atoms with Crippen molar-refractivity contribution in [2.45, 2.75) is 6.42 Å². The molecule has 0 saturated heterocycles. The van der Waals surface area contributed by atoms with E-state index in [1.165, 1.54) is 16.0 Å². The summed E-state index contributed by atoms with van der Waals surface area (Å²) in [5.41, 5.74) is 4.12. The lowest BCUT2D eigenvalue weighted by Crippen LogP contribution is -2.34. The average Bonchev–Trinajstić information content (AvgIpc) is 3.28. The Balaban J connectivity index is 1.33. The van der Waals surface area contributed by atoms with Crippen LogP contribution in [0.5, 0.6) is 0 Å². The molecule has 0 aliphatic carbocycles. The molecule has 1 aliphatic heterocycles. The number of aromatic nitrogens is 4. The number of aryl methyl sites for hydroxylation is 1. The maximum Gasteiger partial charge on any atom is 0.251 e. The molecule has 1 aliphatic rings. The van der Waals surface area contributed by atoms with Gasteiger partial charge in [-0.05, 0) is 35.4 Å². The van der Waals surface area contributed by atoms with E-state index < -0.39 is 0 Å². The topological polar surface area (TPSA) is 75.9 Å². The zero-order valence-electron chi connectivity index (χ0n) is 14.6. The van der Waals surface area contributed by atoms with Crippen LogP contribution in [0.1, 0.15) is 15.9 Å². The Kier molecular flexibility index (Phi) is 4.35. The maximum atomic E-state index is 12.3. The molecule has 0 radical (unpaired) electrons. The van der Waals surface area contributed by atoms with Crippen LogP contribution in [0.25, 0.3) is 11.4 Å². The molecule has 0 unspecified atom stereocenters. The van der Waals surface area contributed by atoms with Gasteiger partial charge in [0.1, 0.15) is 0 Å². The summed E-state index contributed by atoms with van der Waals surface area (Å²) < 4.78 is 0. The number of anilines is 1. The van der Waals surface area contributed by atoms with Crippen molar-refractivity contribution in [1.82, 2.24) is 25.5 Å². The highest BCUT2D eigenvalue weighted by atomic mass is 16.1. The predicted octanol–water partition coefficient (Wildman–Crippen LogP) is 1.67. The third-order valence-electron chi connectivity index (χ3n) is 4.56. The molecule has 0 fully saturated rings. The fourth-order valence-electron chi connectivity index (χ4n) is 3.22. The number of hydrogen-bond acceptors (Lipinski definition) is 5. The molecule has 1 amide bonds. The molecule has 4 rings (SSSR count). The molecule has 0 bridgehead atoms. The molecule has 0 saturated carbocycles. The summed E-state index contributed by atoms with van der Waals surface area (Å²) in [5, 5.41) is 14.9. The van der Waals surface area contributed by atoms with Crippen LogP contribution in [0.4, 0.5) is 5.69 Å². The number of fused-ring (bicyclic) bond motifs is 1. The quantitative estimate of drug-likeness (QED) is 0.759. The minimum absolute atomic E-state index is 0.0730. The number of rotatable bonds is 5. The minimum atomic E-state index is -0.0730. The monoisotopic (exact) mass is 348 g/mol. The van der Waals surface area contributed by atoms with Crippen molar-refractivity contribution in [2.24, 2.45) is 7.05 Å². The molecular formula is C19H20N6O. The van der Waals surface area contributed by atoms with Crippen molar-refractivity contribution in [2.75, 3.05) is 24.5 Å². The van der Waals surface area contributed by atoms with Gasteiger partial charge in [-0.2, -0.15) is 4.80 Å². The summed E-state index contributed by atoms with van der Waals surface area (Å²) in [6, 6.07) is 15.7. The summed E-state index contributed by atoms with van der Waals surface area (Å²) in [7, 11) is 1.72. The van der Waals surface area contributed by atoms with E-state index in [9.17, 15) is 4.79 Å². The van der Waals surface area contributed by atoms with Crippen LogP contribution in [-0.4, -0.2) is 45.7 Å². The van der Waals surface area contributed by atoms with Crippen LogP contribution in [0.15, 0.2) is 48.5 Å². The van der Waals surface area contributed by atoms with Crippen LogP contribution in [-0.2, 0) is 13.5 Å². The average molecular weight is 348 g/mol. The first-order chi connectivity index (χ1) is 12.7. The first-order valence-corrected chi connectivity index (χ1v) is 8.66. The highest BCUT2D eigenvalue weighted by molar-refractivity contribution is 5.94. The largest absolute Gasteiger partial charge is 0.369 e. The standard InChI is InChI=1S/C19H20N6O/c1-24-22-18(21-23-24)15-6-8-16(9-7-15)19(26)20-11-13-25-12-10-14-4-2-3-5-17(14)25/h2-9H,10-13H2,1H3,(H,20,26). The second-order valence-electron chi connectivity index (χ2n) is 6.30. The van der Waals surface area contributed by atoms with Crippen LogP contribution < -0.4 is 10.2 Å². The number of carbonyl (C=O) groups is 1. The summed E-state index contributed by atoms with van der Waals surface area (Å²) >= 11 is 0. The lowest BCUT2D eigenvalue weighted by Gasteiger charge is -2.19. The molecule has 7 heteroatoms. The van der Waals surface area contributed by atoms with E-state index in [2.05, 4.69) is 49.9 Å². The van der Waals surface area contributed by atoms with Gasteiger partial charge in [-0.3, -0.25) is 4.79 Å². The minimum Gasteiger partial charge on any atom is -0.369 e. The Morgan fingerprint density at radius 1 is 1.15 bits per heavy atom. The first kappa shape index (κ1) is 16.3. The summed E-state index contributed by atoms with van der Waals surface area (Å²) in [4.78, 5) is 16.1. The van der Waals surface area contributed by atoms with Gasteiger partial charge in [0.05, 0.1) is 7.05 Å².